The van der Waals surface area contributed by atoms with Crippen molar-refractivity contribution in [3.63, 3.8) is 0 Å². The van der Waals surface area contributed by atoms with Crippen LogP contribution in [-0.2, 0) is 14.3 Å². The zero-order valence-corrected chi connectivity index (χ0v) is 11.3. The van der Waals surface area contributed by atoms with Crippen LogP contribution in [0, 0.1) is 5.92 Å². The minimum Gasteiger partial charge on any atom is -0.467 e. The third kappa shape index (κ3) is 4.16. The lowest BCUT2D eigenvalue weighted by Gasteiger charge is -2.24. The molecule has 0 heterocycles. The van der Waals surface area contributed by atoms with Crippen LogP contribution in [0.25, 0.3) is 0 Å². The molecular weight excluding hydrogens is 244 g/mol. The molecule has 3 N–H and O–H groups in total. The molecule has 5 nitrogen and oxygen atoms in total. The van der Waals surface area contributed by atoms with Crippen molar-refractivity contribution in [2.24, 2.45) is 11.7 Å². The van der Waals surface area contributed by atoms with Gasteiger partial charge in [0.25, 0.3) is 0 Å². The zero-order valence-electron chi connectivity index (χ0n) is 10.5. The maximum Gasteiger partial charge on any atom is 0.330 e. The summed E-state index contributed by atoms with van der Waals surface area (Å²) in [5, 5.41) is 2.70. The SMILES string of the molecule is COC(=O)C(C)(C)NC(=O)C1CCC(N)C1.Cl. The van der Waals surface area contributed by atoms with E-state index >= 15 is 0 Å². The number of ether oxygens (including phenoxy) is 1. The van der Waals surface area contributed by atoms with Gasteiger partial charge >= 0.3 is 5.97 Å². The van der Waals surface area contributed by atoms with Gasteiger partial charge in [-0.2, -0.15) is 0 Å². The van der Waals surface area contributed by atoms with E-state index in [9.17, 15) is 9.59 Å². The van der Waals surface area contributed by atoms with Crippen molar-refractivity contribution in [1.82, 2.24) is 5.32 Å². The van der Waals surface area contributed by atoms with Crippen LogP contribution in [0.15, 0.2) is 0 Å². The second-order valence-electron chi connectivity index (χ2n) is 4.88. The van der Waals surface area contributed by atoms with Gasteiger partial charge in [-0.15, -0.1) is 12.4 Å². The molecule has 1 amide bonds. The number of carbonyl (C=O) groups is 2. The summed E-state index contributed by atoms with van der Waals surface area (Å²) in [5.41, 5.74) is 4.77. The summed E-state index contributed by atoms with van der Waals surface area (Å²) in [6, 6.07) is 0.108. The standard InChI is InChI=1S/C11H20N2O3.ClH/c1-11(2,10(15)16-3)13-9(14)7-4-5-8(12)6-7;/h7-8H,4-6,12H2,1-3H3,(H,13,14);1H. The molecular formula is C11H21ClN2O3. The topological polar surface area (TPSA) is 81.4 Å². The number of amides is 1. The Morgan fingerprint density at radius 3 is 2.35 bits per heavy atom. The first-order valence-corrected chi connectivity index (χ1v) is 5.53. The van der Waals surface area contributed by atoms with Crippen molar-refractivity contribution >= 4 is 24.3 Å². The normalized spacial score (nSPS) is 23.8. The van der Waals surface area contributed by atoms with E-state index in [2.05, 4.69) is 10.1 Å². The lowest BCUT2D eigenvalue weighted by atomic mass is 10.0. The van der Waals surface area contributed by atoms with E-state index < -0.39 is 11.5 Å². The van der Waals surface area contributed by atoms with Crippen LogP contribution < -0.4 is 11.1 Å². The van der Waals surface area contributed by atoms with Crippen molar-refractivity contribution in [3.05, 3.63) is 0 Å². The zero-order chi connectivity index (χ0) is 12.3. The Morgan fingerprint density at radius 1 is 1.35 bits per heavy atom. The number of nitrogens with one attached hydrogen (secondary N) is 1. The van der Waals surface area contributed by atoms with E-state index in [1.54, 1.807) is 13.8 Å². The number of halogens is 1. The third-order valence-electron chi connectivity index (χ3n) is 2.98. The molecule has 17 heavy (non-hydrogen) atoms. The van der Waals surface area contributed by atoms with Gasteiger partial charge in [-0.05, 0) is 33.1 Å². The van der Waals surface area contributed by atoms with Gasteiger partial charge in [-0.25, -0.2) is 4.79 Å². The molecule has 2 unspecified atom stereocenters. The van der Waals surface area contributed by atoms with Crippen molar-refractivity contribution in [3.8, 4) is 0 Å². The first-order valence-electron chi connectivity index (χ1n) is 5.53. The quantitative estimate of drug-likeness (QED) is 0.732. The Hall–Kier alpha value is -0.810. The fraction of sp³-hybridized carbons (Fsp3) is 0.818. The van der Waals surface area contributed by atoms with E-state index in [4.69, 9.17) is 5.73 Å². The van der Waals surface area contributed by atoms with Gasteiger partial charge in [-0.3, -0.25) is 4.79 Å². The van der Waals surface area contributed by atoms with Crippen molar-refractivity contribution in [2.75, 3.05) is 7.11 Å². The minimum absolute atomic E-state index is 0. The number of esters is 1. The summed E-state index contributed by atoms with van der Waals surface area (Å²) in [5.74, 6) is -0.620. The maximum absolute atomic E-state index is 11.9. The summed E-state index contributed by atoms with van der Waals surface area (Å²) in [6.45, 7) is 3.26. The second-order valence-corrected chi connectivity index (χ2v) is 4.88. The number of rotatable bonds is 3. The van der Waals surface area contributed by atoms with Gasteiger partial charge < -0.3 is 15.8 Å². The van der Waals surface area contributed by atoms with Crippen molar-refractivity contribution in [2.45, 2.75) is 44.7 Å². The number of methoxy groups -OCH3 is 1. The number of hydrogen-bond donors (Lipinski definition) is 2. The molecule has 0 aromatic carbocycles. The van der Waals surface area contributed by atoms with E-state index in [0.29, 0.717) is 6.42 Å². The maximum atomic E-state index is 11.9. The largest absolute Gasteiger partial charge is 0.467 e. The smallest absolute Gasteiger partial charge is 0.330 e. The summed E-state index contributed by atoms with van der Waals surface area (Å²) in [4.78, 5) is 23.2. The van der Waals surface area contributed by atoms with E-state index in [1.807, 2.05) is 0 Å². The molecule has 6 heteroatoms. The van der Waals surface area contributed by atoms with Gasteiger partial charge in [0.15, 0.2) is 0 Å². The molecule has 1 rings (SSSR count). The van der Waals surface area contributed by atoms with Crippen LogP contribution in [0.5, 0.6) is 0 Å². The monoisotopic (exact) mass is 264 g/mol. The fourth-order valence-electron chi connectivity index (χ4n) is 1.97. The summed E-state index contributed by atoms with van der Waals surface area (Å²) in [6.07, 6.45) is 2.37. The summed E-state index contributed by atoms with van der Waals surface area (Å²) < 4.78 is 4.62. The highest BCUT2D eigenvalue weighted by Gasteiger charge is 2.35. The highest BCUT2D eigenvalue weighted by atomic mass is 35.5. The van der Waals surface area contributed by atoms with Crippen LogP contribution in [0.2, 0.25) is 0 Å². The Balaban J connectivity index is 0.00000256. The third-order valence-corrected chi connectivity index (χ3v) is 2.98. The average Bonchev–Trinajstić information content (AvgIpc) is 2.63. The lowest BCUT2D eigenvalue weighted by molar-refractivity contribution is -0.149. The summed E-state index contributed by atoms with van der Waals surface area (Å²) >= 11 is 0. The predicted molar refractivity (Wildman–Crippen MR) is 66.8 cm³/mol. The highest BCUT2D eigenvalue weighted by Crippen LogP contribution is 2.24. The minimum atomic E-state index is -0.974. The van der Waals surface area contributed by atoms with Gasteiger partial charge in [-0.1, -0.05) is 0 Å². The molecule has 0 aliphatic heterocycles. The van der Waals surface area contributed by atoms with E-state index in [-0.39, 0.29) is 30.3 Å². The van der Waals surface area contributed by atoms with Gasteiger partial charge in [0, 0.05) is 12.0 Å². The van der Waals surface area contributed by atoms with E-state index in [0.717, 1.165) is 12.8 Å². The molecule has 0 spiro atoms. The first-order chi connectivity index (χ1) is 7.36. The molecule has 100 valence electrons. The Kier molecular flexibility index (Phi) is 5.92. The fourth-order valence-corrected chi connectivity index (χ4v) is 1.97. The predicted octanol–water partition coefficient (Wildman–Crippen LogP) is 0.603. The highest BCUT2D eigenvalue weighted by molar-refractivity contribution is 5.88. The molecule has 1 aliphatic carbocycles. The second kappa shape index (κ2) is 6.21. The molecule has 1 aliphatic rings. The molecule has 0 saturated heterocycles. The van der Waals surface area contributed by atoms with Gasteiger partial charge in [0.05, 0.1) is 7.11 Å². The molecule has 1 saturated carbocycles. The van der Waals surface area contributed by atoms with Crippen molar-refractivity contribution in [1.29, 1.82) is 0 Å². The molecule has 1 fully saturated rings. The van der Waals surface area contributed by atoms with E-state index in [1.165, 1.54) is 7.11 Å². The Bertz CT molecular complexity index is 294. The van der Waals surface area contributed by atoms with Crippen LogP contribution >= 0.6 is 12.4 Å². The molecule has 0 bridgehead atoms. The van der Waals surface area contributed by atoms with Crippen molar-refractivity contribution < 1.29 is 14.3 Å². The molecule has 0 aromatic heterocycles. The molecule has 0 aromatic rings. The Morgan fingerprint density at radius 2 is 1.94 bits per heavy atom. The molecule has 0 radical (unpaired) electrons. The lowest BCUT2D eigenvalue weighted by Crippen LogP contribution is -2.52. The van der Waals surface area contributed by atoms with Crippen LogP contribution in [0.4, 0.5) is 0 Å². The Labute approximate surface area is 108 Å². The number of hydrogen-bond acceptors (Lipinski definition) is 4. The number of nitrogens with two attached hydrogens (primary N) is 1. The van der Waals surface area contributed by atoms with Crippen LogP contribution in [-0.4, -0.2) is 30.6 Å². The number of carbonyl (C=O) groups excluding carboxylic acids is 2. The average molecular weight is 265 g/mol. The molecule has 2 atom stereocenters. The van der Waals surface area contributed by atoms with Gasteiger partial charge in [0.2, 0.25) is 5.91 Å². The van der Waals surface area contributed by atoms with Crippen LogP contribution in [0.3, 0.4) is 0 Å². The van der Waals surface area contributed by atoms with Gasteiger partial charge in [0.1, 0.15) is 5.54 Å². The van der Waals surface area contributed by atoms with Crippen LogP contribution in [0.1, 0.15) is 33.1 Å². The first kappa shape index (κ1) is 16.2. The summed E-state index contributed by atoms with van der Waals surface area (Å²) in [7, 11) is 1.31.